The van der Waals surface area contributed by atoms with Gasteiger partial charge in [-0.15, -0.1) is 0 Å². The van der Waals surface area contributed by atoms with Crippen molar-refractivity contribution in [2.45, 2.75) is 19.8 Å². The van der Waals surface area contributed by atoms with Crippen molar-refractivity contribution in [3.63, 3.8) is 0 Å². The first-order chi connectivity index (χ1) is 11.9. The van der Waals surface area contributed by atoms with Gasteiger partial charge in [0, 0.05) is 5.56 Å². The third kappa shape index (κ3) is 5.73. The smallest absolute Gasteiger partial charge is 0.277 e. The summed E-state index contributed by atoms with van der Waals surface area (Å²) in [6.07, 6.45) is 1.43. The Kier molecular flexibility index (Phi) is 7.29. The van der Waals surface area contributed by atoms with Crippen molar-refractivity contribution < 1.29 is 9.53 Å². The Labute approximate surface area is 165 Å². The molecule has 0 aliphatic rings. The standard InChI is InChI=1S/C18H17BrCl2N2O2/c1-11(2)12-6-7-16(14(19)8-12)25-10-17(24)23-22-9-13-4-3-5-15(20)18(13)21/h3-9,11H,10H2,1-2H3,(H,23,24). The van der Waals surface area contributed by atoms with Gasteiger partial charge in [0.15, 0.2) is 6.61 Å². The van der Waals surface area contributed by atoms with Gasteiger partial charge in [-0.2, -0.15) is 5.10 Å². The van der Waals surface area contributed by atoms with Crippen molar-refractivity contribution in [3.8, 4) is 5.75 Å². The quantitative estimate of drug-likeness (QED) is 0.479. The van der Waals surface area contributed by atoms with Crippen LogP contribution in [0.3, 0.4) is 0 Å². The Balaban J connectivity index is 1.89. The van der Waals surface area contributed by atoms with Gasteiger partial charge < -0.3 is 4.74 Å². The summed E-state index contributed by atoms with van der Waals surface area (Å²) in [6.45, 7) is 4.07. The SMILES string of the molecule is CC(C)c1ccc(OCC(=O)NN=Cc2cccc(Cl)c2Cl)c(Br)c1. The van der Waals surface area contributed by atoms with E-state index in [2.05, 4.69) is 40.3 Å². The third-order valence-corrected chi connectivity index (χ3v) is 4.81. The molecule has 0 spiro atoms. The summed E-state index contributed by atoms with van der Waals surface area (Å²) in [4.78, 5) is 11.8. The van der Waals surface area contributed by atoms with E-state index in [-0.39, 0.29) is 12.5 Å². The minimum absolute atomic E-state index is 0.153. The first kappa shape index (κ1) is 19.8. The normalized spacial score (nSPS) is 11.1. The van der Waals surface area contributed by atoms with Gasteiger partial charge in [-0.05, 0) is 45.6 Å². The highest BCUT2D eigenvalue weighted by Gasteiger charge is 2.08. The minimum Gasteiger partial charge on any atom is -0.483 e. The van der Waals surface area contributed by atoms with Crippen LogP contribution < -0.4 is 10.2 Å². The molecule has 2 rings (SSSR count). The molecule has 0 unspecified atom stereocenters. The van der Waals surface area contributed by atoms with Gasteiger partial charge in [0.25, 0.3) is 5.91 Å². The number of carbonyl (C=O) groups excluding carboxylic acids is 1. The van der Waals surface area contributed by atoms with Gasteiger partial charge in [-0.1, -0.05) is 55.2 Å². The average molecular weight is 444 g/mol. The number of rotatable bonds is 6. The largest absolute Gasteiger partial charge is 0.483 e. The van der Waals surface area contributed by atoms with Crippen molar-refractivity contribution >= 4 is 51.3 Å². The molecule has 2 aromatic rings. The fourth-order valence-electron chi connectivity index (χ4n) is 1.96. The van der Waals surface area contributed by atoms with Crippen LogP contribution >= 0.6 is 39.1 Å². The number of hydrazone groups is 1. The lowest BCUT2D eigenvalue weighted by Crippen LogP contribution is -2.24. The summed E-state index contributed by atoms with van der Waals surface area (Å²) in [5.74, 6) is 0.636. The fourth-order valence-corrected chi connectivity index (χ4v) is 2.83. The summed E-state index contributed by atoms with van der Waals surface area (Å²) in [7, 11) is 0. The number of hydrogen-bond acceptors (Lipinski definition) is 3. The molecule has 0 aromatic heterocycles. The van der Waals surface area contributed by atoms with Gasteiger partial charge in [-0.3, -0.25) is 4.79 Å². The number of carbonyl (C=O) groups is 1. The van der Waals surface area contributed by atoms with Crippen LogP contribution in [0.4, 0.5) is 0 Å². The molecule has 0 bridgehead atoms. The van der Waals surface area contributed by atoms with Crippen LogP contribution in [0.1, 0.15) is 30.9 Å². The number of benzene rings is 2. The Morgan fingerprint density at radius 1 is 1.32 bits per heavy atom. The Bertz CT molecular complexity index is 795. The highest BCUT2D eigenvalue weighted by Crippen LogP contribution is 2.28. The van der Waals surface area contributed by atoms with Crippen LogP contribution in [0.15, 0.2) is 46.0 Å². The molecule has 0 atom stereocenters. The highest BCUT2D eigenvalue weighted by molar-refractivity contribution is 9.10. The molecule has 1 N–H and O–H groups in total. The van der Waals surface area contributed by atoms with Crippen LogP contribution in [0.25, 0.3) is 0 Å². The lowest BCUT2D eigenvalue weighted by Gasteiger charge is -2.10. The van der Waals surface area contributed by atoms with Crippen molar-refractivity contribution in [2.24, 2.45) is 5.10 Å². The van der Waals surface area contributed by atoms with Crippen LogP contribution in [0, 0.1) is 0 Å². The maximum atomic E-state index is 11.8. The molecule has 0 saturated heterocycles. The number of nitrogens with zero attached hydrogens (tertiary/aromatic N) is 1. The first-order valence-electron chi connectivity index (χ1n) is 7.56. The molecule has 0 aliphatic carbocycles. The second-order valence-electron chi connectivity index (χ2n) is 5.57. The fraction of sp³-hybridized carbons (Fsp3) is 0.222. The van der Waals surface area contributed by atoms with E-state index in [1.807, 2.05) is 18.2 Å². The lowest BCUT2D eigenvalue weighted by molar-refractivity contribution is -0.123. The highest BCUT2D eigenvalue weighted by atomic mass is 79.9. The number of ether oxygens (including phenoxy) is 1. The molecule has 1 amide bonds. The van der Waals surface area contributed by atoms with Gasteiger partial charge in [0.1, 0.15) is 5.75 Å². The molecule has 0 heterocycles. The minimum atomic E-state index is -0.380. The Morgan fingerprint density at radius 3 is 2.76 bits per heavy atom. The molecule has 7 heteroatoms. The zero-order valence-electron chi connectivity index (χ0n) is 13.7. The summed E-state index contributed by atoms with van der Waals surface area (Å²) in [5, 5.41) is 4.66. The predicted octanol–water partition coefficient (Wildman–Crippen LogP) is 5.41. The van der Waals surface area contributed by atoms with Crippen molar-refractivity contribution in [1.82, 2.24) is 5.43 Å². The summed E-state index contributed by atoms with van der Waals surface area (Å²) >= 11 is 15.4. The van der Waals surface area contributed by atoms with E-state index < -0.39 is 0 Å². The second kappa shape index (κ2) is 9.22. The summed E-state index contributed by atoms with van der Waals surface area (Å²) in [6, 6.07) is 11.0. The van der Waals surface area contributed by atoms with Crippen LogP contribution in [0.5, 0.6) is 5.75 Å². The summed E-state index contributed by atoms with van der Waals surface area (Å²) in [5.41, 5.74) is 4.19. The van der Waals surface area contributed by atoms with E-state index in [1.54, 1.807) is 18.2 Å². The molecule has 2 aromatic carbocycles. The van der Waals surface area contributed by atoms with E-state index in [9.17, 15) is 4.79 Å². The zero-order valence-corrected chi connectivity index (χ0v) is 16.8. The Hall–Kier alpha value is -1.56. The van der Waals surface area contributed by atoms with E-state index in [4.69, 9.17) is 27.9 Å². The molecule has 0 saturated carbocycles. The molecular weight excluding hydrogens is 427 g/mol. The third-order valence-electron chi connectivity index (χ3n) is 3.36. The van der Waals surface area contributed by atoms with E-state index >= 15 is 0 Å². The molecule has 0 fully saturated rings. The number of nitrogens with one attached hydrogen (secondary N) is 1. The lowest BCUT2D eigenvalue weighted by atomic mass is 10.0. The monoisotopic (exact) mass is 442 g/mol. The molecule has 0 radical (unpaired) electrons. The number of amides is 1. The first-order valence-corrected chi connectivity index (χ1v) is 9.11. The van der Waals surface area contributed by atoms with E-state index in [0.29, 0.717) is 27.3 Å². The van der Waals surface area contributed by atoms with E-state index in [0.717, 1.165) is 4.47 Å². The zero-order chi connectivity index (χ0) is 18.4. The van der Waals surface area contributed by atoms with Gasteiger partial charge in [-0.25, -0.2) is 5.43 Å². The van der Waals surface area contributed by atoms with Crippen molar-refractivity contribution in [3.05, 3.63) is 62.0 Å². The second-order valence-corrected chi connectivity index (χ2v) is 7.21. The topological polar surface area (TPSA) is 50.7 Å². The number of hydrogen-bond donors (Lipinski definition) is 1. The van der Waals surface area contributed by atoms with Gasteiger partial charge in [0.05, 0.1) is 20.7 Å². The molecule has 25 heavy (non-hydrogen) atoms. The van der Waals surface area contributed by atoms with Gasteiger partial charge >= 0.3 is 0 Å². The van der Waals surface area contributed by atoms with E-state index in [1.165, 1.54) is 11.8 Å². The van der Waals surface area contributed by atoms with Crippen molar-refractivity contribution in [1.29, 1.82) is 0 Å². The van der Waals surface area contributed by atoms with Gasteiger partial charge in [0.2, 0.25) is 0 Å². The van der Waals surface area contributed by atoms with Crippen LogP contribution in [-0.4, -0.2) is 18.7 Å². The number of halogens is 3. The molecular formula is C18H17BrCl2N2O2. The summed E-state index contributed by atoms with van der Waals surface area (Å²) < 4.78 is 6.31. The van der Waals surface area contributed by atoms with Crippen molar-refractivity contribution in [2.75, 3.05) is 6.61 Å². The maximum absolute atomic E-state index is 11.8. The molecule has 4 nitrogen and oxygen atoms in total. The molecule has 132 valence electrons. The maximum Gasteiger partial charge on any atom is 0.277 e. The Morgan fingerprint density at radius 2 is 2.08 bits per heavy atom. The van der Waals surface area contributed by atoms with Crippen LogP contribution in [0.2, 0.25) is 10.0 Å². The predicted molar refractivity (Wildman–Crippen MR) is 106 cm³/mol. The average Bonchev–Trinajstić information content (AvgIpc) is 2.57. The molecule has 0 aliphatic heterocycles. The van der Waals surface area contributed by atoms with Crippen LogP contribution in [-0.2, 0) is 4.79 Å².